The van der Waals surface area contributed by atoms with E-state index in [1.165, 1.54) is 0 Å². The largest absolute Gasteiger partial charge is 0.313 e. The summed E-state index contributed by atoms with van der Waals surface area (Å²) in [5.41, 5.74) is 0. The minimum Gasteiger partial charge on any atom is -0.313 e. The molecule has 102 valence electrons. The van der Waals surface area contributed by atoms with Gasteiger partial charge in [0, 0.05) is 6.04 Å². The van der Waals surface area contributed by atoms with Crippen LogP contribution in [0.5, 0.6) is 0 Å². The number of hydrogen-bond acceptors (Lipinski definition) is 3. The van der Waals surface area contributed by atoms with E-state index >= 15 is 0 Å². The van der Waals surface area contributed by atoms with Crippen molar-refractivity contribution < 1.29 is 8.42 Å². The van der Waals surface area contributed by atoms with Crippen molar-refractivity contribution >= 4 is 9.84 Å². The molecule has 3 atom stereocenters. The summed E-state index contributed by atoms with van der Waals surface area (Å²) in [6, 6.07) is 0.198. The van der Waals surface area contributed by atoms with Gasteiger partial charge in [0.25, 0.3) is 0 Å². The molecule has 0 heterocycles. The summed E-state index contributed by atoms with van der Waals surface area (Å²) in [5, 5.41) is 3.26. The van der Waals surface area contributed by atoms with Crippen molar-refractivity contribution in [2.75, 3.05) is 12.3 Å². The average molecular weight is 261 g/mol. The van der Waals surface area contributed by atoms with Crippen molar-refractivity contribution in [1.29, 1.82) is 0 Å². The van der Waals surface area contributed by atoms with Crippen LogP contribution in [0.1, 0.15) is 52.9 Å². The lowest BCUT2D eigenvalue weighted by Crippen LogP contribution is -2.42. The first kappa shape index (κ1) is 15.0. The lowest BCUT2D eigenvalue weighted by atomic mass is 10.2. The van der Waals surface area contributed by atoms with Crippen molar-refractivity contribution in [3.05, 3.63) is 0 Å². The van der Waals surface area contributed by atoms with Gasteiger partial charge in [-0.15, -0.1) is 0 Å². The van der Waals surface area contributed by atoms with Crippen molar-refractivity contribution in [2.45, 2.75) is 64.2 Å². The Morgan fingerprint density at radius 1 is 1.29 bits per heavy atom. The highest BCUT2D eigenvalue weighted by molar-refractivity contribution is 7.92. The van der Waals surface area contributed by atoms with Gasteiger partial charge in [0.05, 0.1) is 11.0 Å². The molecule has 1 saturated carbocycles. The fourth-order valence-corrected chi connectivity index (χ4v) is 5.09. The van der Waals surface area contributed by atoms with E-state index in [0.717, 1.165) is 38.6 Å². The van der Waals surface area contributed by atoms with Crippen molar-refractivity contribution in [1.82, 2.24) is 5.32 Å². The minimum absolute atomic E-state index is 0.136. The third kappa shape index (κ3) is 4.25. The van der Waals surface area contributed by atoms with Gasteiger partial charge in [0.15, 0.2) is 9.84 Å². The molecule has 1 rings (SSSR count). The molecule has 0 amide bonds. The molecule has 1 aliphatic rings. The Balaban J connectivity index is 2.62. The molecule has 3 nitrogen and oxygen atoms in total. The van der Waals surface area contributed by atoms with E-state index in [-0.39, 0.29) is 17.2 Å². The molecule has 0 radical (unpaired) electrons. The standard InChI is InChI=1S/C13H27NO2S/c1-4-9-14-12-7-6-8-13(12)17(15,16)10-11(3)5-2/h11-14H,4-10H2,1-3H3. The smallest absolute Gasteiger partial charge is 0.154 e. The highest BCUT2D eigenvalue weighted by Crippen LogP contribution is 2.27. The van der Waals surface area contributed by atoms with Crippen LogP contribution >= 0.6 is 0 Å². The van der Waals surface area contributed by atoms with Gasteiger partial charge in [0.2, 0.25) is 0 Å². The Morgan fingerprint density at radius 3 is 2.59 bits per heavy atom. The van der Waals surface area contributed by atoms with Gasteiger partial charge in [-0.1, -0.05) is 33.6 Å². The second kappa shape index (κ2) is 6.74. The molecule has 1 aliphatic carbocycles. The van der Waals surface area contributed by atoms with Crippen LogP contribution in [0.25, 0.3) is 0 Å². The van der Waals surface area contributed by atoms with Crippen LogP contribution in [0.3, 0.4) is 0 Å². The second-order valence-electron chi connectivity index (χ2n) is 5.37. The highest BCUT2D eigenvalue weighted by atomic mass is 32.2. The van der Waals surface area contributed by atoms with E-state index in [2.05, 4.69) is 19.2 Å². The Bertz CT molecular complexity index is 313. The van der Waals surface area contributed by atoms with E-state index in [0.29, 0.717) is 5.75 Å². The molecule has 17 heavy (non-hydrogen) atoms. The van der Waals surface area contributed by atoms with Crippen LogP contribution in [0.2, 0.25) is 0 Å². The molecule has 0 spiro atoms. The molecule has 0 aromatic carbocycles. The number of rotatable bonds is 7. The van der Waals surface area contributed by atoms with Gasteiger partial charge in [-0.2, -0.15) is 0 Å². The van der Waals surface area contributed by atoms with E-state index in [1.54, 1.807) is 0 Å². The fourth-order valence-electron chi connectivity index (χ4n) is 2.56. The summed E-state index contributed by atoms with van der Waals surface area (Å²) in [7, 11) is -2.91. The molecule has 1 N–H and O–H groups in total. The number of hydrogen-bond donors (Lipinski definition) is 1. The predicted molar refractivity (Wildman–Crippen MR) is 73.0 cm³/mol. The normalized spacial score (nSPS) is 27.2. The Kier molecular flexibility index (Phi) is 5.93. The predicted octanol–water partition coefficient (Wildman–Crippen LogP) is 2.37. The van der Waals surface area contributed by atoms with Crippen molar-refractivity contribution in [2.24, 2.45) is 5.92 Å². The number of sulfone groups is 1. The molecule has 4 heteroatoms. The highest BCUT2D eigenvalue weighted by Gasteiger charge is 2.37. The summed E-state index contributed by atoms with van der Waals surface area (Å²) in [4.78, 5) is 0. The SMILES string of the molecule is CCCNC1CCCC1S(=O)(=O)CC(C)CC. The molecule has 1 fully saturated rings. The van der Waals surface area contributed by atoms with E-state index < -0.39 is 9.84 Å². The van der Waals surface area contributed by atoms with Crippen LogP contribution < -0.4 is 5.32 Å². The Labute approximate surface area is 106 Å². The van der Waals surface area contributed by atoms with Gasteiger partial charge in [-0.3, -0.25) is 0 Å². The summed E-state index contributed by atoms with van der Waals surface area (Å²) in [6.45, 7) is 7.13. The molecule has 3 unspecified atom stereocenters. The van der Waals surface area contributed by atoms with Crippen LogP contribution in [0, 0.1) is 5.92 Å². The summed E-state index contributed by atoms with van der Waals surface area (Å²) < 4.78 is 24.7. The zero-order chi connectivity index (χ0) is 12.9. The maximum absolute atomic E-state index is 12.3. The lowest BCUT2D eigenvalue weighted by Gasteiger charge is -2.22. The fraction of sp³-hybridized carbons (Fsp3) is 1.00. The number of nitrogens with one attached hydrogen (secondary N) is 1. The van der Waals surface area contributed by atoms with Crippen molar-refractivity contribution in [3.8, 4) is 0 Å². The van der Waals surface area contributed by atoms with Crippen LogP contribution in [0.15, 0.2) is 0 Å². The first-order chi connectivity index (χ1) is 8.01. The zero-order valence-corrected chi connectivity index (χ0v) is 12.2. The molecular formula is C13H27NO2S. The quantitative estimate of drug-likeness (QED) is 0.765. The lowest BCUT2D eigenvalue weighted by molar-refractivity contribution is 0.497. The summed E-state index contributed by atoms with van der Waals surface area (Å²) in [6.07, 6.45) is 4.92. The topological polar surface area (TPSA) is 46.2 Å². The van der Waals surface area contributed by atoms with Gasteiger partial charge in [-0.05, 0) is 31.7 Å². The maximum atomic E-state index is 12.3. The summed E-state index contributed by atoms with van der Waals surface area (Å²) >= 11 is 0. The Morgan fingerprint density at radius 2 is 2.00 bits per heavy atom. The molecule has 0 aromatic heterocycles. The minimum atomic E-state index is -2.91. The third-order valence-corrected chi connectivity index (χ3v) is 6.30. The van der Waals surface area contributed by atoms with Gasteiger partial charge >= 0.3 is 0 Å². The van der Waals surface area contributed by atoms with Gasteiger partial charge in [-0.25, -0.2) is 8.42 Å². The Hall–Kier alpha value is -0.0900. The summed E-state index contributed by atoms with van der Waals surface area (Å²) in [5.74, 6) is 0.644. The van der Waals surface area contributed by atoms with Gasteiger partial charge in [0.1, 0.15) is 0 Å². The van der Waals surface area contributed by atoms with Gasteiger partial charge < -0.3 is 5.32 Å². The van der Waals surface area contributed by atoms with Crippen LogP contribution in [-0.4, -0.2) is 32.0 Å². The molecule has 0 bridgehead atoms. The first-order valence-corrected chi connectivity index (χ1v) is 8.67. The zero-order valence-electron chi connectivity index (χ0n) is 11.4. The molecular weight excluding hydrogens is 234 g/mol. The molecule has 0 saturated heterocycles. The monoisotopic (exact) mass is 261 g/mol. The second-order valence-corrected chi connectivity index (χ2v) is 7.64. The third-order valence-electron chi connectivity index (χ3n) is 3.78. The first-order valence-electron chi connectivity index (χ1n) is 6.96. The van der Waals surface area contributed by atoms with Crippen LogP contribution in [-0.2, 0) is 9.84 Å². The van der Waals surface area contributed by atoms with E-state index in [1.807, 2.05) is 6.92 Å². The molecule has 0 aliphatic heterocycles. The molecule has 0 aromatic rings. The van der Waals surface area contributed by atoms with E-state index in [9.17, 15) is 8.42 Å². The maximum Gasteiger partial charge on any atom is 0.154 e. The average Bonchev–Trinajstić information content (AvgIpc) is 2.74. The van der Waals surface area contributed by atoms with E-state index in [4.69, 9.17) is 0 Å². The van der Waals surface area contributed by atoms with Crippen LogP contribution in [0.4, 0.5) is 0 Å². The van der Waals surface area contributed by atoms with Crippen molar-refractivity contribution in [3.63, 3.8) is 0 Å².